The summed E-state index contributed by atoms with van der Waals surface area (Å²) in [5.74, 6) is 2.50. The quantitative estimate of drug-likeness (QED) is 0.198. The largest absolute Gasteiger partial charge is 0.206 e. The van der Waals surface area contributed by atoms with Crippen molar-refractivity contribution in [1.82, 2.24) is 0 Å². The third-order valence-electron chi connectivity index (χ3n) is 8.67. The van der Waals surface area contributed by atoms with Crippen LogP contribution in [0.5, 0.6) is 0 Å². The highest BCUT2D eigenvalue weighted by Gasteiger charge is 2.22. The minimum absolute atomic E-state index is 0.144. The number of nitrogens with zero attached hydrogens (tertiary/aromatic N) is 1. The summed E-state index contributed by atoms with van der Waals surface area (Å²) in [6.07, 6.45) is 28.5. The molecule has 1 aromatic rings. The summed E-state index contributed by atoms with van der Waals surface area (Å²) in [5.41, 5.74) is 2.69. The first-order chi connectivity index (χ1) is 16.7. The smallest absolute Gasteiger partial charge is 0.141 e. The van der Waals surface area contributed by atoms with Crippen LogP contribution in [0.15, 0.2) is 29.8 Å². The van der Waals surface area contributed by atoms with Crippen molar-refractivity contribution < 1.29 is 4.39 Å². The molecule has 0 N–H and O–H groups in total. The van der Waals surface area contributed by atoms with Gasteiger partial charge in [-0.2, -0.15) is 5.26 Å². The lowest BCUT2D eigenvalue weighted by Gasteiger charge is -2.30. The normalized spacial score (nSPS) is 22.9. The molecule has 2 heteroatoms. The van der Waals surface area contributed by atoms with Gasteiger partial charge in [-0.3, -0.25) is 0 Å². The maximum atomic E-state index is 13.8. The maximum Gasteiger partial charge on any atom is 0.141 e. The first-order valence-corrected chi connectivity index (χ1v) is 14.5. The highest BCUT2D eigenvalue weighted by atomic mass is 19.1. The summed E-state index contributed by atoms with van der Waals surface area (Å²) in [6.45, 7) is 2.30. The average Bonchev–Trinajstić information content (AvgIpc) is 2.87. The van der Waals surface area contributed by atoms with Crippen LogP contribution in [0.2, 0.25) is 0 Å². The number of hydrogen-bond acceptors (Lipinski definition) is 1. The molecule has 0 radical (unpaired) electrons. The van der Waals surface area contributed by atoms with Gasteiger partial charge >= 0.3 is 0 Å². The van der Waals surface area contributed by atoms with Crippen LogP contribution < -0.4 is 0 Å². The molecule has 1 unspecified atom stereocenters. The van der Waals surface area contributed by atoms with E-state index in [0.717, 1.165) is 36.2 Å². The van der Waals surface area contributed by atoms with E-state index in [1.54, 1.807) is 11.6 Å². The summed E-state index contributed by atoms with van der Waals surface area (Å²) < 4.78 is 13.8. The summed E-state index contributed by atoms with van der Waals surface area (Å²) in [5, 5.41) is 8.88. The van der Waals surface area contributed by atoms with Crippen LogP contribution in [0.4, 0.5) is 4.39 Å². The molecule has 34 heavy (non-hydrogen) atoms. The van der Waals surface area contributed by atoms with E-state index < -0.39 is 0 Å². The van der Waals surface area contributed by atoms with Gasteiger partial charge in [0.25, 0.3) is 0 Å². The molecular formula is C32H48FN. The molecule has 0 amide bonds. The summed E-state index contributed by atoms with van der Waals surface area (Å²) in [7, 11) is 0. The molecule has 0 bridgehead atoms. The molecule has 2 aliphatic rings. The second-order valence-electron chi connectivity index (χ2n) is 11.3. The van der Waals surface area contributed by atoms with E-state index in [1.165, 1.54) is 115 Å². The van der Waals surface area contributed by atoms with Crippen LogP contribution in [-0.2, 0) is 6.42 Å². The van der Waals surface area contributed by atoms with E-state index in [2.05, 4.69) is 13.0 Å². The van der Waals surface area contributed by atoms with Gasteiger partial charge in [0.15, 0.2) is 0 Å². The van der Waals surface area contributed by atoms with Gasteiger partial charge in [-0.25, -0.2) is 4.39 Å². The average molecular weight is 466 g/mol. The third kappa shape index (κ3) is 9.56. The Balaban J connectivity index is 1.24. The zero-order chi connectivity index (χ0) is 24.0. The predicted octanol–water partition coefficient (Wildman–Crippen LogP) is 10.1. The molecule has 0 heterocycles. The van der Waals surface area contributed by atoms with E-state index in [1.807, 2.05) is 12.1 Å². The monoisotopic (exact) mass is 465 g/mol. The Bertz CT molecular complexity index is 781. The molecule has 1 nitrogen and oxygen atoms in total. The fourth-order valence-corrected chi connectivity index (χ4v) is 6.21. The summed E-state index contributed by atoms with van der Waals surface area (Å²) >= 11 is 0. The lowest BCUT2D eigenvalue weighted by Crippen LogP contribution is -2.16. The number of allylic oxidation sites excluding steroid dienone is 2. The number of benzene rings is 1. The number of rotatable bonds is 14. The van der Waals surface area contributed by atoms with Crippen molar-refractivity contribution in [2.24, 2.45) is 17.8 Å². The molecule has 1 saturated carbocycles. The van der Waals surface area contributed by atoms with Crippen molar-refractivity contribution in [1.29, 1.82) is 5.26 Å². The molecule has 1 fully saturated rings. The standard InChI is InChI=1S/C32H48FN/c1-2-3-4-5-6-7-8-9-26-10-12-27(13-11-26)14-15-28-16-18-29(19-17-28)20-21-30-22-23-31(25-34)32(33)24-30/h18,22-24,26-28H,2-17,19-21H2,1H3. The molecule has 0 spiro atoms. The van der Waals surface area contributed by atoms with Crippen LogP contribution >= 0.6 is 0 Å². The Labute approximate surface area is 209 Å². The Morgan fingerprint density at radius 3 is 2.15 bits per heavy atom. The van der Waals surface area contributed by atoms with Gasteiger partial charge in [0.05, 0.1) is 5.56 Å². The van der Waals surface area contributed by atoms with Crippen molar-refractivity contribution in [3.63, 3.8) is 0 Å². The molecule has 2 aliphatic carbocycles. The highest BCUT2D eigenvalue weighted by molar-refractivity contribution is 5.33. The number of unbranched alkanes of at least 4 members (excludes halogenated alkanes) is 6. The Hall–Kier alpha value is -1.62. The topological polar surface area (TPSA) is 23.8 Å². The van der Waals surface area contributed by atoms with E-state index >= 15 is 0 Å². The Morgan fingerprint density at radius 1 is 0.824 bits per heavy atom. The maximum absolute atomic E-state index is 13.8. The van der Waals surface area contributed by atoms with Gasteiger partial charge in [0, 0.05) is 0 Å². The van der Waals surface area contributed by atoms with E-state index in [-0.39, 0.29) is 11.4 Å². The zero-order valence-corrected chi connectivity index (χ0v) is 21.8. The van der Waals surface area contributed by atoms with Crippen molar-refractivity contribution in [2.45, 2.75) is 129 Å². The van der Waals surface area contributed by atoms with Gasteiger partial charge in [0.1, 0.15) is 11.9 Å². The molecule has 0 aromatic heterocycles. The van der Waals surface area contributed by atoms with Crippen LogP contribution in [-0.4, -0.2) is 0 Å². The van der Waals surface area contributed by atoms with Crippen LogP contribution in [0, 0.1) is 34.9 Å². The second kappa shape index (κ2) is 15.4. The van der Waals surface area contributed by atoms with Gasteiger partial charge in [-0.05, 0) is 74.0 Å². The number of halogens is 1. The summed E-state index contributed by atoms with van der Waals surface area (Å²) in [4.78, 5) is 0. The lowest BCUT2D eigenvalue weighted by atomic mass is 9.76. The van der Waals surface area contributed by atoms with Gasteiger partial charge in [0.2, 0.25) is 0 Å². The molecule has 0 aliphatic heterocycles. The van der Waals surface area contributed by atoms with E-state index in [0.29, 0.717) is 0 Å². The highest BCUT2D eigenvalue weighted by Crippen LogP contribution is 2.37. The van der Waals surface area contributed by atoms with Gasteiger partial charge in [-0.15, -0.1) is 0 Å². The first-order valence-electron chi connectivity index (χ1n) is 14.5. The van der Waals surface area contributed by atoms with Gasteiger partial charge < -0.3 is 0 Å². The summed E-state index contributed by atoms with van der Waals surface area (Å²) in [6, 6.07) is 6.95. The SMILES string of the molecule is CCCCCCCCCC1CCC(CCC2CC=C(CCc3ccc(C#N)c(F)c3)CC2)CC1. The number of nitriles is 1. The third-order valence-corrected chi connectivity index (χ3v) is 8.67. The Morgan fingerprint density at radius 2 is 1.50 bits per heavy atom. The molecular weight excluding hydrogens is 417 g/mol. The minimum atomic E-state index is -0.385. The van der Waals surface area contributed by atoms with Crippen LogP contribution in [0.25, 0.3) is 0 Å². The minimum Gasteiger partial charge on any atom is -0.206 e. The van der Waals surface area contributed by atoms with Crippen LogP contribution in [0.1, 0.15) is 134 Å². The zero-order valence-electron chi connectivity index (χ0n) is 21.8. The van der Waals surface area contributed by atoms with E-state index in [4.69, 9.17) is 5.26 Å². The molecule has 0 saturated heterocycles. The lowest BCUT2D eigenvalue weighted by molar-refractivity contribution is 0.234. The van der Waals surface area contributed by atoms with Crippen LogP contribution in [0.3, 0.4) is 0 Å². The van der Waals surface area contributed by atoms with Crippen molar-refractivity contribution in [3.05, 3.63) is 46.8 Å². The predicted molar refractivity (Wildman–Crippen MR) is 142 cm³/mol. The molecule has 1 aromatic carbocycles. The molecule has 1 atom stereocenters. The first kappa shape index (κ1) is 27.0. The van der Waals surface area contributed by atoms with Gasteiger partial charge in [-0.1, -0.05) is 108 Å². The molecule has 3 rings (SSSR count). The fraction of sp³-hybridized carbons (Fsp3) is 0.719. The fourth-order valence-electron chi connectivity index (χ4n) is 6.21. The van der Waals surface area contributed by atoms with Crippen molar-refractivity contribution >= 4 is 0 Å². The molecule has 188 valence electrons. The number of hydrogen-bond donors (Lipinski definition) is 0. The van der Waals surface area contributed by atoms with Crippen molar-refractivity contribution in [3.8, 4) is 6.07 Å². The van der Waals surface area contributed by atoms with E-state index in [9.17, 15) is 4.39 Å². The second-order valence-corrected chi connectivity index (χ2v) is 11.3. The Kier molecular flexibility index (Phi) is 12.2. The number of aryl methyl sites for hydroxylation is 1. The van der Waals surface area contributed by atoms with Crippen molar-refractivity contribution in [2.75, 3.05) is 0 Å².